The third-order valence-electron chi connectivity index (χ3n) is 5.31. The van der Waals surface area contributed by atoms with E-state index in [2.05, 4.69) is 13.8 Å². The average Bonchev–Trinajstić information content (AvgIpc) is 2.74. The Balaban J connectivity index is 1.86. The quantitative estimate of drug-likeness (QED) is 0.865. The molecule has 4 heteroatoms. The second-order valence-electron chi connectivity index (χ2n) is 7.37. The van der Waals surface area contributed by atoms with Gasteiger partial charge < -0.3 is 10.0 Å². The summed E-state index contributed by atoms with van der Waals surface area (Å²) in [4.78, 5) is 25.3. The molecule has 114 valence electrons. The fourth-order valence-corrected chi connectivity index (χ4v) is 3.65. The van der Waals surface area contributed by atoms with E-state index in [-0.39, 0.29) is 17.9 Å². The van der Waals surface area contributed by atoms with E-state index in [9.17, 15) is 9.59 Å². The summed E-state index contributed by atoms with van der Waals surface area (Å²) >= 11 is 0. The van der Waals surface area contributed by atoms with E-state index in [4.69, 9.17) is 5.11 Å². The Morgan fingerprint density at radius 1 is 1.20 bits per heavy atom. The van der Waals surface area contributed by atoms with Gasteiger partial charge in [0.05, 0.1) is 5.92 Å². The molecule has 2 atom stereocenters. The van der Waals surface area contributed by atoms with Gasteiger partial charge in [0.1, 0.15) is 0 Å². The molecule has 0 aromatic heterocycles. The van der Waals surface area contributed by atoms with Crippen molar-refractivity contribution in [2.24, 2.45) is 17.3 Å². The predicted molar refractivity (Wildman–Crippen MR) is 77.3 cm³/mol. The van der Waals surface area contributed by atoms with Gasteiger partial charge in [-0.15, -0.1) is 0 Å². The number of likely N-dealkylation sites (tertiary alicyclic amines) is 1. The standard InChI is InChI=1S/C16H27NO3/c1-11-13(15(19)20)6-9-17(11)14(18)10-12-4-7-16(2,3)8-5-12/h11-13H,4-10H2,1-3H3,(H,19,20). The molecule has 1 N–H and O–H groups in total. The first-order valence-corrected chi connectivity index (χ1v) is 7.82. The number of amides is 1. The summed E-state index contributed by atoms with van der Waals surface area (Å²) in [5.74, 6) is -0.506. The minimum absolute atomic E-state index is 0.153. The highest BCUT2D eigenvalue weighted by molar-refractivity contribution is 5.79. The molecule has 20 heavy (non-hydrogen) atoms. The molecule has 1 amide bonds. The van der Waals surface area contributed by atoms with E-state index >= 15 is 0 Å². The molecule has 1 saturated heterocycles. The lowest BCUT2D eigenvalue weighted by molar-refractivity contribution is -0.143. The van der Waals surface area contributed by atoms with Crippen LogP contribution in [0.3, 0.4) is 0 Å². The lowest BCUT2D eigenvalue weighted by Gasteiger charge is -2.35. The molecular formula is C16H27NO3. The number of hydrogen-bond acceptors (Lipinski definition) is 2. The summed E-state index contributed by atoms with van der Waals surface area (Å²) in [7, 11) is 0. The summed E-state index contributed by atoms with van der Waals surface area (Å²) in [5, 5.41) is 9.12. The zero-order chi connectivity index (χ0) is 14.9. The topological polar surface area (TPSA) is 57.6 Å². The molecule has 2 unspecified atom stereocenters. The van der Waals surface area contributed by atoms with Gasteiger partial charge in [-0.1, -0.05) is 13.8 Å². The molecule has 4 nitrogen and oxygen atoms in total. The zero-order valence-electron chi connectivity index (χ0n) is 12.9. The second-order valence-corrected chi connectivity index (χ2v) is 7.37. The van der Waals surface area contributed by atoms with Gasteiger partial charge in [-0.25, -0.2) is 0 Å². The second kappa shape index (κ2) is 5.74. The summed E-state index contributed by atoms with van der Waals surface area (Å²) in [6, 6.07) is -0.153. The molecule has 1 aliphatic carbocycles. The van der Waals surface area contributed by atoms with Gasteiger partial charge in [-0.3, -0.25) is 9.59 Å². The van der Waals surface area contributed by atoms with Crippen molar-refractivity contribution in [1.29, 1.82) is 0 Å². The Labute approximate surface area is 121 Å². The van der Waals surface area contributed by atoms with Gasteiger partial charge in [0.25, 0.3) is 0 Å². The smallest absolute Gasteiger partial charge is 0.308 e. The molecule has 2 aliphatic rings. The Hall–Kier alpha value is -1.06. The number of carbonyl (C=O) groups excluding carboxylic acids is 1. The molecule has 1 aliphatic heterocycles. The third kappa shape index (κ3) is 3.33. The number of rotatable bonds is 3. The van der Waals surface area contributed by atoms with Crippen molar-refractivity contribution in [3.8, 4) is 0 Å². The van der Waals surface area contributed by atoms with Crippen LogP contribution < -0.4 is 0 Å². The molecular weight excluding hydrogens is 254 g/mol. The summed E-state index contributed by atoms with van der Waals surface area (Å²) in [6.45, 7) is 7.07. The van der Waals surface area contributed by atoms with Gasteiger partial charge in [-0.05, 0) is 50.4 Å². The molecule has 0 radical (unpaired) electrons. The summed E-state index contributed by atoms with van der Waals surface area (Å²) < 4.78 is 0. The molecule has 0 aromatic carbocycles. The van der Waals surface area contributed by atoms with E-state index < -0.39 is 5.97 Å². The monoisotopic (exact) mass is 281 g/mol. The maximum atomic E-state index is 12.4. The lowest BCUT2D eigenvalue weighted by atomic mass is 9.72. The van der Waals surface area contributed by atoms with Crippen molar-refractivity contribution >= 4 is 11.9 Å². The Morgan fingerprint density at radius 2 is 1.80 bits per heavy atom. The largest absolute Gasteiger partial charge is 0.481 e. The first-order chi connectivity index (χ1) is 9.30. The van der Waals surface area contributed by atoms with Gasteiger partial charge in [-0.2, -0.15) is 0 Å². The maximum Gasteiger partial charge on any atom is 0.308 e. The van der Waals surface area contributed by atoms with Crippen molar-refractivity contribution in [2.75, 3.05) is 6.54 Å². The van der Waals surface area contributed by atoms with E-state index in [1.165, 1.54) is 12.8 Å². The van der Waals surface area contributed by atoms with Crippen LogP contribution in [0.5, 0.6) is 0 Å². The van der Waals surface area contributed by atoms with Crippen LogP contribution >= 0.6 is 0 Å². The fourth-order valence-electron chi connectivity index (χ4n) is 3.65. The molecule has 1 heterocycles. The van der Waals surface area contributed by atoms with Crippen LogP contribution in [0.2, 0.25) is 0 Å². The van der Waals surface area contributed by atoms with Crippen molar-refractivity contribution in [3.63, 3.8) is 0 Å². The molecule has 1 saturated carbocycles. The van der Waals surface area contributed by atoms with E-state index in [1.54, 1.807) is 4.90 Å². The van der Waals surface area contributed by atoms with Crippen LogP contribution in [0.4, 0.5) is 0 Å². The Bertz CT molecular complexity index is 381. The highest BCUT2D eigenvalue weighted by Gasteiger charge is 2.39. The van der Waals surface area contributed by atoms with Gasteiger partial charge in [0, 0.05) is 19.0 Å². The van der Waals surface area contributed by atoms with Gasteiger partial charge in [0.2, 0.25) is 5.91 Å². The van der Waals surface area contributed by atoms with Crippen LogP contribution in [0.1, 0.15) is 59.3 Å². The lowest BCUT2D eigenvalue weighted by Crippen LogP contribution is -2.38. The predicted octanol–water partition coefficient (Wildman–Crippen LogP) is 2.91. The van der Waals surface area contributed by atoms with Gasteiger partial charge in [0.15, 0.2) is 0 Å². The number of hydrogen-bond donors (Lipinski definition) is 1. The number of nitrogens with zero attached hydrogens (tertiary/aromatic N) is 1. The normalized spacial score (nSPS) is 30.4. The molecule has 0 aromatic rings. The third-order valence-corrected chi connectivity index (χ3v) is 5.31. The van der Waals surface area contributed by atoms with Crippen molar-refractivity contribution in [3.05, 3.63) is 0 Å². The SMILES string of the molecule is CC1C(C(=O)O)CCN1C(=O)CC1CCC(C)(C)CC1. The van der Waals surface area contributed by atoms with Crippen LogP contribution in [0, 0.1) is 17.3 Å². The van der Waals surface area contributed by atoms with Crippen LogP contribution in [-0.2, 0) is 9.59 Å². The van der Waals surface area contributed by atoms with Gasteiger partial charge >= 0.3 is 5.97 Å². The number of carboxylic acid groups (broad SMARTS) is 1. The maximum absolute atomic E-state index is 12.4. The Morgan fingerprint density at radius 3 is 2.30 bits per heavy atom. The van der Waals surface area contributed by atoms with E-state index in [0.29, 0.717) is 30.7 Å². The highest BCUT2D eigenvalue weighted by atomic mass is 16.4. The van der Waals surface area contributed by atoms with Crippen LogP contribution in [0.15, 0.2) is 0 Å². The fraction of sp³-hybridized carbons (Fsp3) is 0.875. The number of carboxylic acids is 1. The first kappa shape index (κ1) is 15.3. The molecule has 0 spiro atoms. The van der Waals surface area contributed by atoms with Crippen molar-refractivity contribution < 1.29 is 14.7 Å². The summed E-state index contributed by atoms with van der Waals surface area (Å²) in [6.07, 6.45) is 5.84. The Kier molecular flexibility index (Phi) is 4.40. The highest BCUT2D eigenvalue weighted by Crippen LogP contribution is 2.39. The molecule has 0 bridgehead atoms. The molecule has 2 fully saturated rings. The zero-order valence-corrected chi connectivity index (χ0v) is 12.9. The van der Waals surface area contributed by atoms with E-state index in [0.717, 1.165) is 12.8 Å². The van der Waals surface area contributed by atoms with Crippen molar-refractivity contribution in [1.82, 2.24) is 4.90 Å². The van der Waals surface area contributed by atoms with Crippen molar-refractivity contribution in [2.45, 2.75) is 65.3 Å². The average molecular weight is 281 g/mol. The van der Waals surface area contributed by atoms with Crippen LogP contribution in [0.25, 0.3) is 0 Å². The van der Waals surface area contributed by atoms with Crippen LogP contribution in [-0.4, -0.2) is 34.5 Å². The minimum Gasteiger partial charge on any atom is -0.481 e. The first-order valence-electron chi connectivity index (χ1n) is 7.82. The number of carbonyl (C=O) groups is 2. The molecule has 2 rings (SSSR count). The summed E-state index contributed by atoms with van der Waals surface area (Å²) in [5.41, 5.74) is 0.425. The number of aliphatic carboxylic acids is 1. The van der Waals surface area contributed by atoms with E-state index in [1.807, 2.05) is 6.92 Å². The minimum atomic E-state index is -0.771.